The van der Waals surface area contributed by atoms with Gasteiger partial charge >= 0.3 is 0 Å². The number of hydrogen-bond acceptors (Lipinski definition) is 2. The van der Waals surface area contributed by atoms with E-state index in [1.807, 2.05) is 18.2 Å². The fourth-order valence-electron chi connectivity index (χ4n) is 5.60. The van der Waals surface area contributed by atoms with Crippen LogP contribution in [0.2, 0.25) is 0 Å². The Morgan fingerprint density at radius 1 is 1.31 bits per heavy atom. The monoisotopic (exact) mass is 351 g/mol. The molecular formula is C24H33NO. The molecule has 0 aromatic heterocycles. The van der Waals surface area contributed by atoms with Gasteiger partial charge in [0.2, 0.25) is 0 Å². The molecule has 0 amide bonds. The molecule has 0 aliphatic heterocycles. The largest absolute Gasteiger partial charge is 0.508 e. The normalized spacial score (nSPS) is 30.0. The van der Waals surface area contributed by atoms with Crippen LogP contribution >= 0.6 is 0 Å². The second-order valence-electron chi connectivity index (χ2n) is 8.40. The lowest BCUT2D eigenvalue weighted by molar-refractivity contribution is 0.0437. The molecule has 0 spiro atoms. The first-order valence-corrected chi connectivity index (χ1v) is 9.86. The molecule has 1 aromatic rings. The van der Waals surface area contributed by atoms with Crippen LogP contribution in [0.3, 0.4) is 0 Å². The Balaban J connectivity index is 1.94. The number of phenols is 1. The standard InChI is InChI=1S/C24H33NO/c1-6-8-23-22-11-9-18-16-19(26)10-12-20(18)21(22)13-14-24(23,4)17(3)25(5)15-7-2/h6-7,10,12,16,21-23,26H,1-3,8-9,11,13-15H2,4-5H3. The van der Waals surface area contributed by atoms with Crippen LogP contribution in [0.4, 0.5) is 0 Å². The zero-order valence-corrected chi connectivity index (χ0v) is 16.4. The van der Waals surface area contributed by atoms with Gasteiger partial charge in [0.25, 0.3) is 0 Å². The smallest absolute Gasteiger partial charge is 0.115 e. The number of allylic oxidation sites excluding steroid dienone is 2. The molecule has 26 heavy (non-hydrogen) atoms. The van der Waals surface area contributed by atoms with Crippen molar-refractivity contribution in [1.29, 1.82) is 0 Å². The van der Waals surface area contributed by atoms with Crippen LogP contribution in [0.15, 0.2) is 55.8 Å². The van der Waals surface area contributed by atoms with Crippen LogP contribution < -0.4 is 0 Å². The molecule has 4 atom stereocenters. The molecule has 1 N–H and O–H groups in total. The van der Waals surface area contributed by atoms with Gasteiger partial charge in [-0.3, -0.25) is 0 Å². The summed E-state index contributed by atoms with van der Waals surface area (Å²) >= 11 is 0. The Labute approximate surface area is 158 Å². The molecule has 0 heterocycles. The maximum atomic E-state index is 9.85. The molecule has 1 aromatic carbocycles. The van der Waals surface area contributed by atoms with Crippen LogP contribution in [0.25, 0.3) is 0 Å². The summed E-state index contributed by atoms with van der Waals surface area (Å²) in [5.41, 5.74) is 4.14. The van der Waals surface area contributed by atoms with Gasteiger partial charge in [0.1, 0.15) is 5.75 Å². The van der Waals surface area contributed by atoms with Crippen molar-refractivity contribution in [3.8, 4) is 5.75 Å². The average Bonchev–Trinajstić information content (AvgIpc) is 2.63. The molecule has 2 heteroatoms. The third kappa shape index (κ3) is 3.11. The molecule has 2 aliphatic carbocycles. The maximum absolute atomic E-state index is 9.85. The lowest BCUT2D eigenvalue weighted by Gasteiger charge is -2.54. The molecule has 0 radical (unpaired) electrons. The predicted molar refractivity (Wildman–Crippen MR) is 110 cm³/mol. The third-order valence-electron chi connectivity index (χ3n) is 7.04. The van der Waals surface area contributed by atoms with E-state index in [9.17, 15) is 5.11 Å². The number of hydrogen-bond donors (Lipinski definition) is 1. The minimum Gasteiger partial charge on any atom is -0.508 e. The molecule has 0 bridgehead atoms. The zero-order valence-electron chi connectivity index (χ0n) is 16.4. The van der Waals surface area contributed by atoms with E-state index in [2.05, 4.69) is 50.8 Å². The minimum absolute atomic E-state index is 0.0987. The summed E-state index contributed by atoms with van der Waals surface area (Å²) in [6.07, 6.45) is 9.66. The third-order valence-corrected chi connectivity index (χ3v) is 7.04. The van der Waals surface area contributed by atoms with Crippen LogP contribution in [0.5, 0.6) is 5.75 Å². The molecule has 3 rings (SSSR count). The number of benzene rings is 1. The lowest BCUT2D eigenvalue weighted by atomic mass is 9.53. The Hall–Kier alpha value is -1.96. The van der Waals surface area contributed by atoms with E-state index in [1.165, 1.54) is 29.7 Å². The van der Waals surface area contributed by atoms with Crippen LogP contribution in [-0.4, -0.2) is 23.6 Å². The summed E-state index contributed by atoms with van der Waals surface area (Å²) in [7, 11) is 2.13. The van der Waals surface area contributed by atoms with Gasteiger partial charge in [0, 0.05) is 24.7 Å². The van der Waals surface area contributed by atoms with Gasteiger partial charge in [0.05, 0.1) is 0 Å². The highest BCUT2D eigenvalue weighted by Crippen LogP contribution is 2.58. The fraction of sp³-hybridized carbons (Fsp3) is 0.500. The predicted octanol–water partition coefficient (Wildman–Crippen LogP) is 5.66. The summed E-state index contributed by atoms with van der Waals surface area (Å²) in [5, 5.41) is 9.85. The van der Waals surface area contributed by atoms with E-state index in [4.69, 9.17) is 0 Å². The van der Waals surface area contributed by atoms with E-state index < -0.39 is 0 Å². The van der Waals surface area contributed by atoms with Crippen molar-refractivity contribution < 1.29 is 5.11 Å². The molecule has 1 fully saturated rings. The van der Waals surface area contributed by atoms with Crippen molar-refractivity contribution >= 4 is 0 Å². The van der Waals surface area contributed by atoms with Gasteiger partial charge in [-0.15, -0.1) is 13.2 Å². The van der Waals surface area contributed by atoms with Gasteiger partial charge in [-0.05, 0) is 73.1 Å². The number of fused-ring (bicyclic) bond motifs is 3. The molecule has 4 unspecified atom stereocenters. The molecule has 140 valence electrons. The summed E-state index contributed by atoms with van der Waals surface area (Å²) in [6.45, 7) is 15.7. The number of aromatic hydroxyl groups is 1. The minimum atomic E-state index is 0.0987. The van der Waals surface area contributed by atoms with Crippen molar-refractivity contribution in [2.24, 2.45) is 17.3 Å². The Kier molecular flexibility index (Phi) is 5.32. The fourth-order valence-corrected chi connectivity index (χ4v) is 5.60. The maximum Gasteiger partial charge on any atom is 0.115 e. The summed E-state index contributed by atoms with van der Waals surface area (Å²) in [4.78, 5) is 2.26. The van der Waals surface area contributed by atoms with Crippen molar-refractivity contribution in [3.63, 3.8) is 0 Å². The van der Waals surface area contributed by atoms with Gasteiger partial charge in [-0.2, -0.15) is 0 Å². The average molecular weight is 352 g/mol. The number of likely N-dealkylation sites (N-methyl/N-ethyl adjacent to an activating group) is 1. The van der Waals surface area contributed by atoms with E-state index in [0.717, 1.165) is 25.8 Å². The molecule has 1 saturated carbocycles. The van der Waals surface area contributed by atoms with Crippen LogP contribution in [-0.2, 0) is 6.42 Å². The number of nitrogens with zero attached hydrogens (tertiary/aromatic N) is 1. The zero-order chi connectivity index (χ0) is 18.9. The Bertz CT molecular complexity index is 706. The number of aryl methyl sites for hydroxylation is 1. The second-order valence-corrected chi connectivity index (χ2v) is 8.40. The molecule has 0 saturated heterocycles. The highest BCUT2D eigenvalue weighted by atomic mass is 16.3. The van der Waals surface area contributed by atoms with E-state index in [0.29, 0.717) is 23.5 Å². The van der Waals surface area contributed by atoms with Gasteiger partial charge in [0.15, 0.2) is 0 Å². The highest BCUT2D eigenvalue weighted by molar-refractivity contribution is 5.40. The van der Waals surface area contributed by atoms with Gasteiger partial charge < -0.3 is 10.0 Å². The van der Waals surface area contributed by atoms with Crippen molar-refractivity contribution in [2.75, 3.05) is 13.6 Å². The Morgan fingerprint density at radius 3 is 2.77 bits per heavy atom. The van der Waals surface area contributed by atoms with E-state index >= 15 is 0 Å². The van der Waals surface area contributed by atoms with Crippen molar-refractivity contribution in [2.45, 2.75) is 44.9 Å². The van der Waals surface area contributed by atoms with Crippen LogP contribution in [0.1, 0.15) is 49.7 Å². The highest BCUT2D eigenvalue weighted by Gasteiger charge is 2.49. The van der Waals surface area contributed by atoms with E-state index in [-0.39, 0.29) is 5.41 Å². The molecular weight excluding hydrogens is 318 g/mol. The van der Waals surface area contributed by atoms with Gasteiger partial charge in [-0.25, -0.2) is 0 Å². The summed E-state index contributed by atoms with van der Waals surface area (Å²) < 4.78 is 0. The first-order chi connectivity index (χ1) is 12.4. The van der Waals surface area contributed by atoms with Gasteiger partial charge in [-0.1, -0.05) is 31.7 Å². The molecule has 2 aliphatic rings. The van der Waals surface area contributed by atoms with Crippen molar-refractivity contribution in [3.05, 3.63) is 66.9 Å². The van der Waals surface area contributed by atoms with Crippen molar-refractivity contribution in [1.82, 2.24) is 4.90 Å². The first kappa shape index (κ1) is 18.8. The van der Waals surface area contributed by atoms with E-state index in [1.54, 1.807) is 0 Å². The lowest BCUT2D eigenvalue weighted by Crippen LogP contribution is -2.46. The topological polar surface area (TPSA) is 23.5 Å². The number of phenolic OH excluding ortho intramolecular Hbond substituents is 1. The van der Waals surface area contributed by atoms with Crippen LogP contribution in [0, 0.1) is 17.3 Å². The number of rotatable bonds is 6. The molecule has 2 nitrogen and oxygen atoms in total. The summed E-state index contributed by atoms with van der Waals surface area (Å²) in [6, 6.07) is 5.99. The Morgan fingerprint density at radius 2 is 2.08 bits per heavy atom. The second kappa shape index (κ2) is 7.34. The quantitative estimate of drug-likeness (QED) is 0.668. The SMILES string of the molecule is C=CCC1C2CCc3cc(O)ccc3C2CCC1(C)C(=C)N(C)CC=C. The summed E-state index contributed by atoms with van der Waals surface area (Å²) in [5.74, 6) is 2.19. The first-order valence-electron chi connectivity index (χ1n) is 9.86.